The lowest BCUT2D eigenvalue weighted by atomic mass is 10.2. The maximum atomic E-state index is 13.6. The van der Waals surface area contributed by atoms with E-state index in [-0.39, 0.29) is 3.71 Å². The third-order valence-corrected chi connectivity index (χ3v) is 8.10. The normalized spacial score (nSPS) is 12.5. The number of rotatable bonds is 5. The minimum atomic E-state index is -4.98. The van der Waals surface area contributed by atoms with E-state index < -0.39 is 47.3 Å². The molecule has 10 heteroatoms. The largest absolute Gasteiger partial charge is 0.418 e. The molecule has 0 N–H and O–H groups in total. The van der Waals surface area contributed by atoms with E-state index in [1.807, 2.05) is 0 Å². The molecule has 29 heavy (non-hydrogen) atoms. The molecule has 0 unspecified atom stereocenters. The van der Waals surface area contributed by atoms with E-state index in [1.165, 1.54) is 36.4 Å². The number of anilines is 1. The van der Waals surface area contributed by atoms with Gasteiger partial charge in [-0.25, -0.2) is 16.8 Å². The Morgan fingerprint density at radius 2 is 0.966 bits per heavy atom. The van der Waals surface area contributed by atoms with Crippen LogP contribution in [0, 0.1) is 0 Å². The van der Waals surface area contributed by atoms with Crippen molar-refractivity contribution in [2.75, 3.05) is 3.71 Å². The Hall–Kier alpha value is -2.85. The predicted octanol–water partition coefficient (Wildman–Crippen LogP) is 4.29. The second-order valence-corrected chi connectivity index (χ2v) is 9.65. The Kier molecular flexibility index (Phi) is 5.42. The van der Waals surface area contributed by atoms with E-state index >= 15 is 0 Å². The van der Waals surface area contributed by atoms with Gasteiger partial charge in [-0.3, -0.25) is 0 Å². The van der Waals surface area contributed by atoms with E-state index in [4.69, 9.17) is 0 Å². The van der Waals surface area contributed by atoms with Crippen LogP contribution >= 0.6 is 0 Å². The molecule has 0 radical (unpaired) electrons. The lowest BCUT2D eigenvalue weighted by molar-refractivity contribution is -0.137. The number of para-hydroxylation sites is 1. The number of nitrogens with zero attached hydrogens (tertiary/aromatic N) is 1. The molecular weight excluding hydrogens is 427 g/mol. The quantitative estimate of drug-likeness (QED) is 0.592. The lowest BCUT2D eigenvalue weighted by Gasteiger charge is -2.26. The molecule has 0 atom stereocenters. The first-order valence-electron chi connectivity index (χ1n) is 8.13. The zero-order valence-corrected chi connectivity index (χ0v) is 16.2. The maximum absolute atomic E-state index is 13.6. The minimum Gasteiger partial charge on any atom is -0.200 e. The molecule has 3 aromatic rings. The molecule has 0 saturated heterocycles. The van der Waals surface area contributed by atoms with Crippen LogP contribution in [-0.4, -0.2) is 16.8 Å². The maximum Gasteiger partial charge on any atom is 0.418 e. The molecule has 0 saturated carbocycles. The van der Waals surface area contributed by atoms with Crippen molar-refractivity contribution in [2.45, 2.75) is 16.0 Å². The number of halogens is 3. The summed E-state index contributed by atoms with van der Waals surface area (Å²) in [6.07, 6.45) is -4.98. The van der Waals surface area contributed by atoms with Gasteiger partial charge in [0.2, 0.25) is 0 Å². The highest BCUT2D eigenvalue weighted by atomic mass is 32.3. The zero-order valence-electron chi connectivity index (χ0n) is 14.6. The molecule has 0 fully saturated rings. The Morgan fingerprint density at radius 1 is 0.586 bits per heavy atom. The third kappa shape index (κ3) is 3.99. The summed E-state index contributed by atoms with van der Waals surface area (Å²) < 4.78 is 93.4. The Balaban J connectivity index is 2.37. The second kappa shape index (κ2) is 7.53. The van der Waals surface area contributed by atoms with Gasteiger partial charge in [-0.05, 0) is 36.4 Å². The van der Waals surface area contributed by atoms with Crippen LogP contribution in [0.15, 0.2) is 94.7 Å². The van der Waals surface area contributed by atoms with E-state index in [9.17, 15) is 30.0 Å². The monoisotopic (exact) mass is 441 g/mol. The number of benzene rings is 3. The Bertz CT molecular complexity index is 1140. The van der Waals surface area contributed by atoms with Crippen LogP contribution in [0.4, 0.5) is 18.9 Å². The Labute approximate surface area is 166 Å². The molecule has 0 aliphatic carbocycles. The lowest BCUT2D eigenvalue weighted by Crippen LogP contribution is -2.38. The molecule has 0 bridgehead atoms. The van der Waals surface area contributed by atoms with Crippen LogP contribution in [0.5, 0.6) is 0 Å². The van der Waals surface area contributed by atoms with Gasteiger partial charge in [-0.2, -0.15) is 16.9 Å². The van der Waals surface area contributed by atoms with Gasteiger partial charge in [0, 0.05) is 0 Å². The van der Waals surface area contributed by atoms with Gasteiger partial charge in [0.25, 0.3) is 20.0 Å². The molecule has 0 amide bonds. The summed E-state index contributed by atoms with van der Waals surface area (Å²) in [7, 11) is -9.79. The van der Waals surface area contributed by atoms with Gasteiger partial charge < -0.3 is 0 Å². The third-order valence-electron chi connectivity index (χ3n) is 3.92. The molecule has 3 rings (SSSR count). The minimum absolute atomic E-state index is 0.159. The van der Waals surface area contributed by atoms with E-state index in [0.717, 1.165) is 42.5 Å². The van der Waals surface area contributed by atoms with Gasteiger partial charge in [0.15, 0.2) is 0 Å². The first-order chi connectivity index (χ1) is 13.6. The zero-order chi connectivity index (χ0) is 21.3. The number of alkyl halides is 3. The van der Waals surface area contributed by atoms with Crippen molar-refractivity contribution in [1.82, 2.24) is 0 Å². The fraction of sp³-hybridized carbons (Fsp3) is 0.0526. The fourth-order valence-corrected chi connectivity index (χ4v) is 6.41. The highest BCUT2D eigenvalue weighted by Gasteiger charge is 2.43. The average molecular weight is 441 g/mol. The fourth-order valence-electron chi connectivity index (χ4n) is 2.64. The summed E-state index contributed by atoms with van der Waals surface area (Å²) in [5, 5.41) is 0. The smallest absolute Gasteiger partial charge is 0.200 e. The predicted molar refractivity (Wildman–Crippen MR) is 101 cm³/mol. The highest BCUT2D eigenvalue weighted by molar-refractivity contribution is 8.10. The number of hydrogen-bond donors (Lipinski definition) is 0. The van der Waals surface area contributed by atoms with Crippen molar-refractivity contribution in [3.05, 3.63) is 90.5 Å². The summed E-state index contributed by atoms with van der Waals surface area (Å²) in [6, 6.07) is 16.4. The molecule has 0 heterocycles. The first-order valence-corrected chi connectivity index (χ1v) is 11.0. The van der Waals surface area contributed by atoms with Crippen molar-refractivity contribution in [3.63, 3.8) is 0 Å². The molecular formula is C19H14F3NO4S2. The van der Waals surface area contributed by atoms with Gasteiger partial charge in [-0.15, -0.1) is 0 Å². The van der Waals surface area contributed by atoms with Gasteiger partial charge in [0.1, 0.15) is 0 Å². The van der Waals surface area contributed by atoms with Crippen molar-refractivity contribution in [2.24, 2.45) is 0 Å². The van der Waals surface area contributed by atoms with Crippen LogP contribution in [0.3, 0.4) is 0 Å². The number of hydrogen-bond acceptors (Lipinski definition) is 4. The van der Waals surface area contributed by atoms with Crippen LogP contribution in [0.25, 0.3) is 0 Å². The molecule has 3 aromatic carbocycles. The van der Waals surface area contributed by atoms with E-state index in [0.29, 0.717) is 6.07 Å². The summed E-state index contributed by atoms with van der Waals surface area (Å²) in [5.41, 5.74) is -2.40. The summed E-state index contributed by atoms with van der Waals surface area (Å²) in [5.74, 6) is 0. The first kappa shape index (κ1) is 20.9. The number of sulfonamides is 2. The average Bonchev–Trinajstić information content (AvgIpc) is 2.69. The highest BCUT2D eigenvalue weighted by Crippen LogP contribution is 2.40. The van der Waals surface area contributed by atoms with E-state index in [2.05, 4.69) is 0 Å². The van der Waals surface area contributed by atoms with Crippen LogP contribution < -0.4 is 3.71 Å². The van der Waals surface area contributed by atoms with Gasteiger partial charge >= 0.3 is 6.18 Å². The standard InChI is InChI=1S/C19H14F3NO4S2/c20-19(21,22)17-13-7-8-14-18(17)23(28(24,25)15-9-3-1-4-10-15)29(26,27)16-11-5-2-6-12-16/h1-14H. The molecule has 0 aromatic heterocycles. The summed E-state index contributed by atoms with van der Waals surface area (Å²) in [6.45, 7) is 0. The van der Waals surface area contributed by atoms with Crippen LogP contribution in [-0.2, 0) is 26.2 Å². The van der Waals surface area contributed by atoms with Crippen molar-refractivity contribution >= 4 is 25.7 Å². The van der Waals surface area contributed by atoms with Crippen molar-refractivity contribution in [1.29, 1.82) is 0 Å². The van der Waals surface area contributed by atoms with Crippen LogP contribution in [0.2, 0.25) is 0 Å². The van der Waals surface area contributed by atoms with Crippen molar-refractivity contribution in [3.8, 4) is 0 Å². The van der Waals surface area contributed by atoms with Crippen molar-refractivity contribution < 1.29 is 30.0 Å². The van der Waals surface area contributed by atoms with E-state index in [1.54, 1.807) is 0 Å². The molecule has 0 aliphatic rings. The molecule has 0 spiro atoms. The second-order valence-electron chi connectivity index (χ2n) is 5.85. The van der Waals surface area contributed by atoms with Gasteiger partial charge in [0.05, 0.1) is 21.0 Å². The molecule has 5 nitrogen and oxygen atoms in total. The SMILES string of the molecule is O=S(=O)(c1ccccc1)N(c1ccccc1C(F)(F)F)S(=O)(=O)c1ccccc1. The van der Waals surface area contributed by atoms with Crippen LogP contribution in [0.1, 0.15) is 5.56 Å². The summed E-state index contributed by atoms with van der Waals surface area (Å²) in [4.78, 5) is -0.923. The topological polar surface area (TPSA) is 71.5 Å². The van der Waals surface area contributed by atoms with Gasteiger partial charge in [-0.1, -0.05) is 48.5 Å². The molecule has 152 valence electrons. The molecule has 0 aliphatic heterocycles. The summed E-state index contributed by atoms with van der Waals surface area (Å²) >= 11 is 0. The Morgan fingerprint density at radius 3 is 1.38 bits per heavy atom.